The summed E-state index contributed by atoms with van der Waals surface area (Å²) in [6.45, 7) is 6.75. The summed E-state index contributed by atoms with van der Waals surface area (Å²) < 4.78 is 8.15. The van der Waals surface area contributed by atoms with E-state index in [1.54, 1.807) is 0 Å². The number of hydrogen-bond acceptors (Lipinski definition) is 3. The Bertz CT molecular complexity index is 817. The largest absolute Gasteiger partial charge is 0.444 e. The van der Waals surface area contributed by atoms with E-state index < -0.39 is 11.7 Å². The lowest BCUT2D eigenvalue weighted by Gasteiger charge is -2.32. The first-order valence-electron chi connectivity index (χ1n) is 8.79. The van der Waals surface area contributed by atoms with Gasteiger partial charge in [-0.15, -0.1) is 0 Å². The molecule has 1 saturated heterocycles. The summed E-state index contributed by atoms with van der Waals surface area (Å²) in [6.07, 6.45) is 2.94. The number of likely N-dealkylation sites (tertiary alicyclic amines) is 1. The lowest BCUT2D eigenvalue weighted by Crippen LogP contribution is -2.47. The van der Waals surface area contributed by atoms with Crippen molar-refractivity contribution in [1.29, 1.82) is 0 Å². The first-order valence-corrected chi connectivity index (χ1v) is 9.58. The van der Waals surface area contributed by atoms with Crippen LogP contribution < -0.4 is 5.32 Å². The van der Waals surface area contributed by atoms with E-state index in [9.17, 15) is 9.59 Å². The van der Waals surface area contributed by atoms with Crippen LogP contribution in [0.3, 0.4) is 0 Å². The van der Waals surface area contributed by atoms with Crippen LogP contribution >= 0.6 is 15.9 Å². The van der Waals surface area contributed by atoms with Gasteiger partial charge >= 0.3 is 6.09 Å². The van der Waals surface area contributed by atoms with Crippen LogP contribution in [0.25, 0.3) is 5.52 Å². The molecule has 7 heteroatoms. The van der Waals surface area contributed by atoms with Gasteiger partial charge in [-0.25, -0.2) is 4.79 Å². The molecule has 0 aliphatic carbocycles. The summed E-state index contributed by atoms with van der Waals surface area (Å²) in [5.41, 5.74) is 1.11. The van der Waals surface area contributed by atoms with Crippen LogP contribution in [0.1, 0.15) is 44.1 Å². The van der Waals surface area contributed by atoms with Crippen LogP contribution in [0.5, 0.6) is 0 Å². The van der Waals surface area contributed by atoms with Gasteiger partial charge in [0, 0.05) is 29.8 Å². The Morgan fingerprint density at radius 1 is 1.19 bits per heavy atom. The molecule has 6 nitrogen and oxygen atoms in total. The third-order valence-electron chi connectivity index (χ3n) is 4.36. The Kier molecular flexibility index (Phi) is 5.27. The highest BCUT2D eigenvalue weighted by atomic mass is 79.9. The highest BCUT2D eigenvalue weighted by Gasteiger charge is 2.27. The van der Waals surface area contributed by atoms with Gasteiger partial charge in [-0.2, -0.15) is 0 Å². The first-order chi connectivity index (χ1) is 12.2. The number of pyridine rings is 1. The van der Waals surface area contributed by atoms with Crippen molar-refractivity contribution in [2.45, 2.75) is 45.3 Å². The monoisotopic (exact) mass is 421 g/mol. The zero-order valence-electron chi connectivity index (χ0n) is 15.3. The number of nitrogens with one attached hydrogen (secondary N) is 1. The van der Waals surface area contributed by atoms with E-state index in [1.807, 2.05) is 60.5 Å². The van der Waals surface area contributed by atoms with E-state index in [1.165, 1.54) is 0 Å². The predicted octanol–water partition coefficient (Wildman–Crippen LogP) is 3.83. The Labute approximate surface area is 161 Å². The number of alkyl carbamates (subject to hydrolysis) is 1. The van der Waals surface area contributed by atoms with E-state index in [-0.39, 0.29) is 11.9 Å². The van der Waals surface area contributed by atoms with Crippen molar-refractivity contribution in [3.63, 3.8) is 0 Å². The highest BCUT2D eigenvalue weighted by Crippen LogP contribution is 2.22. The molecule has 2 amide bonds. The van der Waals surface area contributed by atoms with Crippen LogP contribution in [-0.4, -0.2) is 46.0 Å². The van der Waals surface area contributed by atoms with E-state index in [4.69, 9.17) is 4.74 Å². The van der Waals surface area contributed by atoms with Crippen LogP contribution in [0.15, 0.2) is 34.9 Å². The summed E-state index contributed by atoms with van der Waals surface area (Å²) in [7, 11) is 0. The molecule has 2 aromatic heterocycles. The number of aromatic nitrogens is 1. The third-order valence-corrected chi connectivity index (χ3v) is 5.03. The average Bonchev–Trinajstić information content (AvgIpc) is 2.98. The van der Waals surface area contributed by atoms with Crippen molar-refractivity contribution in [2.75, 3.05) is 13.1 Å². The minimum atomic E-state index is -0.509. The number of carbonyl (C=O) groups excluding carboxylic acids is 2. The molecule has 1 fully saturated rings. The SMILES string of the molecule is CC(C)(C)OC(=O)NC1CCN(C(=O)c2ccc3c(Br)cccn23)CC1. The fourth-order valence-electron chi connectivity index (χ4n) is 3.14. The summed E-state index contributed by atoms with van der Waals surface area (Å²) >= 11 is 3.51. The van der Waals surface area contributed by atoms with Gasteiger partial charge in [0.05, 0.1) is 5.52 Å². The van der Waals surface area contributed by atoms with E-state index in [0.29, 0.717) is 18.8 Å². The number of fused-ring (bicyclic) bond motifs is 1. The number of halogens is 1. The highest BCUT2D eigenvalue weighted by molar-refractivity contribution is 9.10. The Hall–Kier alpha value is -2.02. The van der Waals surface area contributed by atoms with Gasteiger partial charge in [0.25, 0.3) is 5.91 Å². The quantitative estimate of drug-likeness (QED) is 0.800. The van der Waals surface area contributed by atoms with Gasteiger partial charge in [0.1, 0.15) is 11.3 Å². The molecule has 0 aromatic carbocycles. The molecule has 1 aliphatic heterocycles. The van der Waals surface area contributed by atoms with Gasteiger partial charge in [0.15, 0.2) is 0 Å². The maximum Gasteiger partial charge on any atom is 0.407 e. The molecule has 26 heavy (non-hydrogen) atoms. The lowest BCUT2D eigenvalue weighted by molar-refractivity contribution is 0.0473. The number of carbonyl (C=O) groups is 2. The number of ether oxygens (including phenoxy) is 1. The number of nitrogens with zero attached hydrogens (tertiary/aromatic N) is 2. The number of hydrogen-bond donors (Lipinski definition) is 1. The molecule has 0 bridgehead atoms. The van der Waals surface area contributed by atoms with Crippen LogP contribution in [0.4, 0.5) is 4.79 Å². The topological polar surface area (TPSA) is 63.0 Å². The number of amides is 2. The maximum absolute atomic E-state index is 12.9. The molecule has 2 aromatic rings. The van der Waals surface area contributed by atoms with Gasteiger partial charge in [-0.1, -0.05) is 0 Å². The number of rotatable bonds is 2. The molecule has 0 atom stereocenters. The molecular formula is C19H24BrN3O3. The van der Waals surface area contributed by atoms with Crippen molar-refractivity contribution in [1.82, 2.24) is 14.6 Å². The minimum Gasteiger partial charge on any atom is -0.444 e. The van der Waals surface area contributed by atoms with Gasteiger partial charge in [-0.05, 0) is 73.8 Å². The molecular weight excluding hydrogens is 398 g/mol. The van der Waals surface area contributed by atoms with E-state index in [0.717, 1.165) is 22.8 Å². The van der Waals surface area contributed by atoms with Crippen molar-refractivity contribution >= 4 is 33.4 Å². The van der Waals surface area contributed by atoms with Gasteiger partial charge < -0.3 is 19.4 Å². The maximum atomic E-state index is 12.9. The van der Waals surface area contributed by atoms with E-state index in [2.05, 4.69) is 21.2 Å². The second-order valence-electron chi connectivity index (χ2n) is 7.54. The van der Waals surface area contributed by atoms with Crippen LogP contribution in [0, 0.1) is 0 Å². The normalized spacial score (nSPS) is 15.9. The second-order valence-corrected chi connectivity index (χ2v) is 8.40. The van der Waals surface area contributed by atoms with Gasteiger partial charge in [-0.3, -0.25) is 4.79 Å². The van der Waals surface area contributed by atoms with Gasteiger partial charge in [0.2, 0.25) is 0 Å². The molecule has 0 spiro atoms. The molecule has 3 heterocycles. The predicted molar refractivity (Wildman–Crippen MR) is 103 cm³/mol. The lowest BCUT2D eigenvalue weighted by atomic mass is 10.0. The molecule has 1 N–H and O–H groups in total. The van der Waals surface area contributed by atoms with Crippen molar-refractivity contribution < 1.29 is 14.3 Å². The van der Waals surface area contributed by atoms with Crippen molar-refractivity contribution in [3.8, 4) is 0 Å². The van der Waals surface area contributed by atoms with Crippen LogP contribution in [0.2, 0.25) is 0 Å². The second kappa shape index (κ2) is 7.31. The average molecular weight is 422 g/mol. The molecule has 0 radical (unpaired) electrons. The van der Waals surface area contributed by atoms with E-state index >= 15 is 0 Å². The first kappa shape index (κ1) is 18.8. The zero-order chi connectivity index (χ0) is 18.9. The van der Waals surface area contributed by atoms with Crippen molar-refractivity contribution in [3.05, 3.63) is 40.6 Å². The van der Waals surface area contributed by atoms with Crippen LogP contribution in [-0.2, 0) is 4.74 Å². The Balaban J connectivity index is 1.60. The Morgan fingerprint density at radius 2 is 1.88 bits per heavy atom. The Morgan fingerprint density at radius 3 is 2.54 bits per heavy atom. The third kappa shape index (κ3) is 4.20. The smallest absolute Gasteiger partial charge is 0.407 e. The summed E-state index contributed by atoms with van der Waals surface area (Å²) in [4.78, 5) is 26.6. The number of piperidine rings is 1. The fourth-order valence-corrected chi connectivity index (χ4v) is 3.62. The molecule has 140 valence electrons. The zero-order valence-corrected chi connectivity index (χ0v) is 16.9. The molecule has 0 saturated carbocycles. The summed E-state index contributed by atoms with van der Waals surface area (Å²) in [6, 6.07) is 7.69. The standard InChI is InChI=1S/C19H24BrN3O3/c1-19(2,3)26-18(25)21-13-8-11-22(12-9-13)17(24)16-7-6-15-14(20)5-4-10-23(15)16/h4-7,10,13H,8-9,11-12H2,1-3H3,(H,21,25). The minimum absolute atomic E-state index is 0.0128. The fraction of sp³-hybridized carbons (Fsp3) is 0.474. The molecule has 1 aliphatic rings. The summed E-state index contributed by atoms with van der Waals surface area (Å²) in [5, 5.41) is 2.90. The summed E-state index contributed by atoms with van der Waals surface area (Å²) in [5.74, 6) is 0.0128. The molecule has 3 rings (SSSR count). The molecule has 0 unspecified atom stereocenters. The van der Waals surface area contributed by atoms with Crippen molar-refractivity contribution in [2.24, 2.45) is 0 Å².